The molecule has 0 radical (unpaired) electrons. The van der Waals surface area contributed by atoms with Crippen molar-refractivity contribution in [2.75, 3.05) is 11.4 Å². The predicted molar refractivity (Wildman–Crippen MR) is 88.1 cm³/mol. The highest BCUT2D eigenvalue weighted by Gasteiger charge is 2.51. The molecule has 4 heteroatoms. The van der Waals surface area contributed by atoms with Crippen LogP contribution in [0, 0.1) is 0 Å². The second-order valence-electron chi connectivity index (χ2n) is 5.45. The molecule has 0 aromatic heterocycles. The molecule has 4 rings (SSSR count). The number of hydrogen-bond donors (Lipinski definition) is 0. The monoisotopic (exact) mass is 315 g/mol. The maximum absolute atomic E-state index is 12.4. The minimum Gasteiger partial charge on any atom is -0.352 e. The van der Waals surface area contributed by atoms with Crippen LogP contribution in [0.2, 0.25) is 5.02 Å². The van der Waals surface area contributed by atoms with E-state index in [1.165, 1.54) is 17.4 Å². The summed E-state index contributed by atoms with van der Waals surface area (Å²) < 4.78 is 0. The van der Waals surface area contributed by atoms with E-state index in [4.69, 9.17) is 11.6 Å². The summed E-state index contributed by atoms with van der Waals surface area (Å²) >= 11 is 7.51. The molecule has 1 saturated heterocycles. The van der Waals surface area contributed by atoms with Crippen LogP contribution in [0.1, 0.15) is 28.8 Å². The van der Waals surface area contributed by atoms with E-state index in [9.17, 15) is 4.79 Å². The Bertz CT molecular complexity index is 718. The fraction of sp³-hybridized carbons (Fsp3) is 0.235. The van der Waals surface area contributed by atoms with Crippen LogP contribution in [0.15, 0.2) is 48.5 Å². The van der Waals surface area contributed by atoms with E-state index in [-0.39, 0.29) is 9.99 Å². The molecule has 0 bridgehead atoms. The van der Waals surface area contributed by atoms with Crippen LogP contribution in [0.4, 0.5) is 5.69 Å². The van der Waals surface area contributed by atoms with Crippen molar-refractivity contribution >= 4 is 34.2 Å². The Morgan fingerprint density at radius 2 is 1.95 bits per heavy atom. The number of para-hydroxylation sites is 1. The number of halogens is 1. The Morgan fingerprint density at radius 3 is 2.76 bits per heavy atom. The SMILES string of the molecule is O=C1SC2(CCCN2c2ccccc2)c2ccc(Cl)cc21. The lowest BCUT2D eigenvalue weighted by Gasteiger charge is -2.36. The summed E-state index contributed by atoms with van der Waals surface area (Å²) in [6, 6.07) is 16.1. The molecule has 0 saturated carbocycles. The minimum atomic E-state index is -0.252. The molecule has 2 aromatic rings. The molecule has 1 unspecified atom stereocenters. The van der Waals surface area contributed by atoms with Gasteiger partial charge in [-0.1, -0.05) is 35.9 Å². The quantitative estimate of drug-likeness (QED) is 0.762. The zero-order chi connectivity index (χ0) is 14.4. The summed E-state index contributed by atoms with van der Waals surface area (Å²) in [5, 5.41) is 0.763. The zero-order valence-electron chi connectivity index (χ0n) is 11.4. The molecule has 2 heterocycles. The number of fused-ring (bicyclic) bond motifs is 2. The summed E-state index contributed by atoms with van der Waals surface area (Å²) in [4.78, 5) is 14.6. The lowest BCUT2D eigenvalue weighted by molar-refractivity contribution is 0.109. The number of carbonyl (C=O) groups is 1. The first-order valence-corrected chi connectivity index (χ1v) is 8.26. The van der Waals surface area contributed by atoms with Gasteiger partial charge in [0.2, 0.25) is 5.12 Å². The predicted octanol–water partition coefficient (Wildman–Crippen LogP) is 4.68. The topological polar surface area (TPSA) is 20.3 Å². The number of benzene rings is 2. The van der Waals surface area contributed by atoms with Crippen LogP contribution in [0.3, 0.4) is 0 Å². The van der Waals surface area contributed by atoms with E-state index in [2.05, 4.69) is 17.0 Å². The van der Waals surface area contributed by atoms with Crippen molar-refractivity contribution in [2.24, 2.45) is 0 Å². The molecule has 2 aliphatic heterocycles. The summed E-state index contributed by atoms with van der Waals surface area (Å²) in [7, 11) is 0. The molecule has 0 amide bonds. The second kappa shape index (κ2) is 4.79. The first kappa shape index (κ1) is 13.2. The van der Waals surface area contributed by atoms with Gasteiger partial charge in [-0.05, 0) is 48.9 Å². The first-order valence-electron chi connectivity index (χ1n) is 7.07. The van der Waals surface area contributed by atoms with Gasteiger partial charge in [0.15, 0.2) is 0 Å². The second-order valence-corrected chi connectivity index (χ2v) is 7.14. The molecule has 0 aliphatic carbocycles. The molecule has 106 valence electrons. The maximum atomic E-state index is 12.4. The third-order valence-corrected chi connectivity index (χ3v) is 5.91. The van der Waals surface area contributed by atoms with Crippen molar-refractivity contribution in [1.29, 1.82) is 0 Å². The fourth-order valence-electron chi connectivity index (χ4n) is 3.41. The Labute approximate surface area is 133 Å². The first-order chi connectivity index (χ1) is 10.2. The van der Waals surface area contributed by atoms with Gasteiger partial charge >= 0.3 is 0 Å². The van der Waals surface area contributed by atoms with Crippen molar-refractivity contribution < 1.29 is 4.79 Å². The summed E-state index contributed by atoms with van der Waals surface area (Å²) in [6.07, 6.45) is 2.09. The number of anilines is 1. The molecular weight excluding hydrogens is 302 g/mol. The highest BCUT2D eigenvalue weighted by molar-refractivity contribution is 8.15. The van der Waals surface area contributed by atoms with Crippen LogP contribution < -0.4 is 4.90 Å². The van der Waals surface area contributed by atoms with Gasteiger partial charge in [-0.25, -0.2) is 0 Å². The van der Waals surface area contributed by atoms with Gasteiger partial charge < -0.3 is 4.90 Å². The lowest BCUT2D eigenvalue weighted by Crippen LogP contribution is -2.37. The van der Waals surface area contributed by atoms with E-state index >= 15 is 0 Å². The minimum absolute atomic E-state index is 0.135. The highest BCUT2D eigenvalue weighted by atomic mass is 35.5. The standard InChI is InChI=1S/C17H14ClNOS/c18-12-7-8-15-14(11-12)16(20)21-17(15)9-4-10-19(17)13-5-2-1-3-6-13/h1-3,5-8,11H,4,9-10H2. The number of rotatable bonds is 1. The van der Waals surface area contributed by atoms with Gasteiger partial charge in [0.25, 0.3) is 0 Å². The van der Waals surface area contributed by atoms with Crippen molar-refractivity contribution in [3.63, 3.8) is 0 Å². The molecule has 0 N–H and O–H groups in total. The van der Waals surface area contributed by atoms with Crippen LogP contribution in [-0.2, 0) is 4.87 Å². The average Bonchev–Trinajstić information content (AvgIpc) is 3.03. The van der Waals surface area contributed by atoms with E-state index in [1.807, 2.05) is 36.4 Å². The van der Waals surface area contributed by atoms with E-state index in [0.29, 0.717) is 5.02 Å². The number of thioether (sulfide) groups is 1. The molecule has 2 aromatic carbocycles. The zero-order valence-corrected chi connectivity index (χ0v) is 13.0. The van der Waals surface area contributed by atoms with Gasteiger partial charge in [-0.3, -0.25) is 4.79 Å². The van der Waals surface area contributed by atoms with Crippen LogP contribution in [0.5, 0.6) is 0 Å². The molecule has 1 atom stereocenters. The van der Waals surface area contributed by atoms with Crippen molar-refractivity contribution in [3.05, 3.63) is 64.7 Å². The van der Waals surface area contributed by atoms with E-state index < -0.39 is 0 Å². The van der Waals surface area contributed by atoms with Crippen molar-refractivity contribution in [2.45, 2.75) is 17.7 Å². The maximum Gasteiger partial charge on any atom is 0.222 e. The van der Waals surface area contributed by atoms with Gasteiger partial charge in [0.1, 0.15) is 4.87 Å². The Balaban J connectivity index is 1.87. The van der Waals surface area contributed by atoms with E-state index in [1.54, 1.807) is 0 Å². The smallest absolute Gasteiger partial charge is 0.222 e. The van der Waals surface area contributed by atoms with Crippen LogP contribution >= 0.6 is 23.4 Å². The fourth-order valence-corrected chi connectivity index (χ4v) is 5.01. The molecule has 1 spiro atoms. The molecule has 21 heavy (non-hydrogen) atoms. The largest absolute Gasteiger partial charge is 0.352 e. The van der Waals surface area contributed by atoms with Gasteiger partial charge in [-0.2, -0.15) is 0 Å². The van der Waals surface area contributed by atoms with Crippen LogP contribution in [0.25, 0.3) is 0 Å². The number of nitrogens with zero attached hydrogens (tertiary/aromatic N) is 1. The Hall–Kier alpha value is -1.45. The third kappa shape index (κ3) is 1.91. The Morgan fingerprint density at radius 1 is 1.14 bits per heavy atom. The van der Waals surface area contributed by atoms with Crippen LogP contribution in [-0.4, -0.2) is 11.7 Å². The van der Waals surface area contributed by atoms with Crippen molar-refractivity contribution in [1.82, 2.24) is 0 Å². The van der Waals surface area contributed by atoms with Gasteiger partial charge in [-0.15, -0.1) is 0 Å². The average molecular weight is 316 g/mol. The number of carbonyl (C=O) groups excluding carboxylic acids is 1. The third-order valence-electron chi connectivity index (χ3n) is 4.29. The highest BCUT2D eigenvalue weighted by Crippen LogP contribution is 2.56. The normalized spacial score (nSPS) is 23.9. The molecular formula is C17H14ClNOS. The van der Waals surface area contributed by atoms with E-state index in [0.717, 1.165) is 30.5 Å². The lowest BCUT2D eigenvalue weighted by atomic mass is 9.98. The Kier molecular flexibility index (Phi) is 3.02. The number of hydrogen-bond acceptors (Lipinski definition) is 3. The van der Waals surface area contributed by atoms with Gasteiger partial charge in [0, 0.05) is 28.4 Å². The molecule has 1 fully saturated rings. The summed E-state index contributed by atoms with van der Waals surface area (Å²) in [5.41, 5.74) is 3.07. The molecule has 2 aliphatic rings. The van der Waals surface area contributed by atoms with Crippen molar-refractivity contribution in [3.8, 4) is 0 Å². The summed E-state index contributed by atoms with van der Waals surface area (Å²) in [5.74, 6) is 0. The molecule has 2 nitrogen and oxygen atoms in total. The van der Waals surface area contributed by atoms with Gasteiger partial charge in [0.05, 0.1) is 0 Å². The summed E-state index contributed by atoms with van der Waals surface area (Å²) in [6.45, 7) is 0.979.